The predicted octanol–water partition coefficient (Wildman–Crippen LogP) is 22.0. The monoisotopic (exact) mass is 1110 g/mol. The first-order valence-electron chi connectivity index (χ1n) is 32.7. The van der Waals surface area contributed by atoms with Crippen LogP contribution in [0.15, 0.2) is 182 Å². The Balaban J connectivity index is 0.977. The van der Waals surface area contributed by atoms with Crippen molar-refractivity contribution in [2.24, 2.45) is 5.41 Å². The Labute approximate surface area is 508 Å². The van der Waals surface area contributed by atoms with Crippen LogP contribution >= 0.6 is 0 Å². The normalized spacial score (nSPS) is 16.2. The molecule has 0 bridgehead atoms. The van der Waals surface area contributed by atoms with Crippen molar-refractivity contribution >= 4 is 44.6 Å². The maximum atomic E-state index is 10.0. The van der Waals surface area contributed by atoms with Gasteiger partial charge in [0.1, 0.15) is 24.0 Å². The fraction of sp³-hybridized carbons (Fsp3) is 0.329. The fourth-order valence-electron chi connectivity index (χ4n) is 12.6. The van der Waals surface area contributed by atoms with Gasteiger partial charge in [0.15, 0.2) is 0 Å². The van der Waals surface area contributed by atoms with E-state index in [4.69, 9.17) is 9.72 Å². The minimum absolute atomic E-state index is 0.0344. The van der Waals surface area contributed by atoms with Crippen molar-refractivity contribution in [3.63, 3.8) is 0 Å². The predicted molar refractivity (Wildman–Crippen MR) is 358 cm³/mol. The summed E-state index contributed by atoms with van der Waals surface area (Å²) < 4.78 is 58.3. The van der Waals surface area contributed by atoms with Crippen molar-refractivity contribution in [1.29, 1.82) is 0 Å². The smallest absolute Gasteiger partial charge is 0.137 e. The average molecular weight is 1110 g/mol. The number of para-hydroxylation sites is 3. The zero-order chi connectivity index (χ0) is 63.9. The summed E-state index contributed by atoms with van der Waals surface area (Å²) in [6, 6.07) is 56.7. The maximum Gasteiger partial charge on any atom is 0.137 e. The number of hydrogen-bond donors (Lipinski definition) is 0. The molecular formula is C79H86N4O. The summed E-state index contributed by atoms with van der Waals surface area (Å²) in [5.41, 5.74) is 14.9. The van der Waals surface area contributed by atoms with Gasteiger partial charge in [-0.2, -0.15) is 0 Å². The molecule has 2 aliphatic rings. The quantitative estimate of drug-likeness (QED) is 0.144. The molecule has 1 aliphatic carbocycles. The largest absolute Gasteiger partial charge is 0.457 e. The van der Waals surface area contributed by atoms with Gasteiger partial charge in [-0.1, -0.05) is 226 Å². The average Bonchev–Trinajstić information content (AvgIpc) is 1.07. The highest BCUT2D eigenvalue weighted by atomic mass is 16.5. The van der Waals surface area contributed by atoms with Crippen molar-refractivity contribution in [2.45, 2.75) is 157 Å². The van der Waals surface area contributed by atoms with Crippen molar-refractivity contribution in [3.05, 3.63) is 215 Å². The molecule has 3 heterocycles. The number of nitrogens with zero attached hydrogens (tertiary/aromatic N) is 4. The highest BCUT2D eigenvalue weighted by Gasteiger charge is 2.38. The third-order valence-electron chi connectivity index (χ3n) is 17.5. The molecule has 0 saturated heterocycles. The van der Waals surface area contributed by atoms with E-state index in [9.17, 15) is 6.85 Å². The summed E-state index contributed by atoms with van der Waals surface area (Å²) in [5, 5.41) is 2.00. The van der Waals surface area contributed by atoms with E-state index in [-0.39, 0.29) is 39.9 Å². The number of pyridine rings is 1. The molecule has 0 saturated carbocycles. The van der Waals surface area contributed by atoms with E-state index in [0.717, 1.165) is 85.2 Å². The molecule has 10 aromatic rings. The Morgan fingerprint density at radius 1 is 0.512 bits per heavy atom. The molecule has 8 aromatic carbocycles. The molecule has 5 nitrogen and oxygen atoms in total. The van der Waals surface area contributed by atoms with Crippen LogP contribution in [-0.4, -0.2) is 16.2 Å². The van der Waals surface area contributed by atoms with Gasteiger partial charge in [0, 0.05) is 54.2 Å². The van der Waals surface area contributed by atoms with E-state index >= 15 is 0 Å². The third-order valence-corrected chi connectivity index (χ3v) is 17.5. The number of anilines is 4. The second-order valence-electron chi connectivity index (χ2n) is 29.2. The molecule has 0 radical (unpaired) electrons. The van der Waals surface area contributed by atoms with Crippen molar-refractivity contribution in [1.82, 2.24) is 9.55 Å². The molecule has 5 heteroatoms. The second-order valence-corrected chi connectivity index (χ2v) is 29.2. The molecular weight excluding hydrogens is 1020 g/mol. The summed E-state index contributed by atoms with van der Waals surface area (Å²) in [6.07, 6.45) is 1.35. The minimum atomic E-state index is -1.98. The third kappa shape index (κ3) is 10.6. The lowest BCUT2D eigenvalue weighted by Crippen LogP contribution is -2.33. The summed E-state index contributed by atoms with van der Waals surface area (Å²) in [5.74, 6) is 1.78. The Morgan fingerprint density at radius 2 is 1.06 bits per heavy atom. The van der Waals surface area contributed by atoms with E-state index < -0.39 is 22.6 Å². The van der Waals surface area contributed by atoms with Crippen LogP contribution < -0.4 is 14.5 Å². The van der Waals surface area contributed by atoms with E-state index in [1.807, 2.05) is 39.0 Å². The molecule has 0 atom stereocenters. The highest BCUT2D eigenvalue weighted by molar-refractivity contribution is 6.10. The van der Waals surface area contributed by atoms with Gasteiger partial charge in [-0.3, -0.25) is 4.57 Å². The number of aromatic nitrogens is 2. The number of rotatable bonds is 9. The van der Waals surface area contributed by atoms with Gasteiger partial charge in [0.2, 0.25) is 0 Å². The number of fused-ring (bicyclic) bond motifs is 5. The number of benzene rings is 8. The number of hydrogen-bond acceptors (Lipinski definition) is 4. The van der Waals surface area contributed by atoms with Crippen LogP contribution in [0.25, 0.3) is 61.0 Å². The molecule has 84 heavy (non-hydrogen) atoms. The fourth-order valence-corrected chi connectivity index (χ4v) is 12.6. The van der Waals surface area contributed by atoms with Gasteiger partial charge in [-0.25, -0.2) is 4.98 Å². The molecule has 0 amide bonds. The summed E-state index contributed by atoms with van der Waals surface area (Å²) in [4.78, 5) is 10.1. The lowest BCUT2D eigenvalue weighted by Gasteiger charge is -2.42. The minimum Gasteiger partial charge on any atom is -0.457 e. The van der Waals surface area contributed by atoms with E-state index in [0.29, 0.717) is 35.1 Å². The van der Waals surface area contributed by atoms with Gasteiger partial charge in [0.25, 0.3) is 0 Å². The van der Waals surface area contributed by atoms with Gasteiger partial charge in [-0.15, -0.1) is 0 Å². The second kappa shape index (κ2) is 20.4. The first-order valence-corrected chi connectivity index (χ1v) is 30.2. The molecule has 1 aliphatic heterocycles. The lowest BCUT2D eigenvalue weighted by molar-refractivity contribution is 0.332. The van der Waals surface area contributed by atoms with Crippen molar-refractivity contribution in [3.8, 4) is 50.7 Å². The van der Waals surface area contributed by atoms with Gasteiger partial charge in [0.05, 0.1) is 32.2 Å². The lowest BCUT2D eigenvalue weighted by atomic mass is 9.63. The summed E-state index contributed by atoms with van der Waals surface area (Å²) in [7, 11) is 0. The van der Waals surface area contributed by atoms with Crippen LogP contribution in [0.5, 0.6) is 11.5 Å². The van der Waals surface area contributed by atoms with Crippen LogP contribution in [0.2, 0.25) is 0 Å². The van der Waals surface area contributed by atoms with Gasteiger partial charge < -0.3 is 14.5 Å². The molecule has 0 unspecified atom stereocenters. The van der Waals surface area contributed by atoms with Crippen LogP contribution in [0, 0.1) is 5.41 Å². The van der Waals surface area contributed by atoms with Crippen molar-refractivity contribution < 1.29 is 11.6 Å². The summed E-state index contributed by atoms with van der Waals surface area (Å²) in [6.45, 7) is 35.0. The maximum absolute atomic E-state index is 10.0. The van der Waals surface area contributed by atoms with E-state index in [1.54, 1.807) is 6.20 Å². The first-order chi connectivity index (χ1) is 41.7. The molecule has 428 valence electrons. The van der Waals surface area contributed by atoms with Crippen LogP contribution in [-0.2, 0) is 33.4 Å². The molecule has 2 aromatic heterocycles. The first kappa shape index (κ1) is 50.6. The Hall–Kier alpha value is -7.89. The van der Waals surface area contributed by atoms with Gasteiger partial charge >= 0.3 is 0 Å². The van der Waals surface area contributed by atoms with Crippen LogP contribution in [0.3, 0.4) is 0 Å². The number of ether oxygens (including phenoxy) is 1. The molecule has 0 fully saturated rings. The Morgan fingerprint density at radius 3 is 1.68 bits per heavy atom. The topological polar surface area (TPSA) is 33.5 Å². The summed E-state index contributed by atoms with van der Waals surface area (Å²) >= 11 is 0. The highest BCUT2D eigenvalue weighted by Crippen LogP contribution is 2.52. The molecule has 0 N–H and O–H groups in total. The Kier molecular flexibility index (Phi) is 12.3. The van der Waals surface area contributed by atoms with Gasteiger partial charge in [-0.05, 0) is 150 Å². The SMILES string of the molecule is [2H]c1c([2H])c2c(c([2H])c1-c1cnc(-n3c4cc(Oc5cccc(N6CN(c7c(-c8cccc(C(C)(C)C)c8)cccc7-c7cccc(C(C)(C)C)c7)c7ccccc76)c5)ccc4c4ccc(C(C)(C)C)cc43)cc1C([2H])([2H])C(C)(C)C)C(C)(C)CCC2(C)C. The molecule has 12 rings (SSSR count). The van der Waals surface area contributed by atoms with E-state index in [2.05, 4.69) is 244 Å². The zero-order valence-corrected chi connectivity index (χ0v) is 52.4. The van der Waals surface area contributed by atoms with Crippen molar-refractivity contribution in [2.75, 3.05) is 16.5 Å². The zero-order valence-electron chi connectivity index (χ0n) is 57.4. The van der Waals surface area contributed by atoms with E-state index in [1.165, 1.54) is 22.3 Å². The molecule has 0 spiro atoms. The van der Waals surface area contributed by atoms with Crippen LogP contribution in [0.4, 0.5) is 22.7 Å². The standard InChI is InChI=1S/C79H86N4O/c1-74(2,3)48-54-44-72(80-49-65(54)53-33-38-66-67(43-53)79(15,16)40-39-78(66,13)14)83-70-45-57(77(10,11)12)34-36-63(70)64-37-35-60(47-71(64)83)84-59-28-21-27-58(46-59)81-50-82(69-32-18-17-31-68(69)81)73-61(51-23-19-25-55(41-51)75(4,5)6)29-22-30-62(73)52-24-20-26-56(42-52)76(7,8)9/h17-38,41-47,49H,39-40,48,50H2,1-16H3/i33D,38D,43D,48D2. The Bertz CT molecular complexity index is 4390. The van der Waals surface area contributed by atoms with Crippen LogP contribution in [0.1, 0.15) is 164 Å².